The molecule has 1 atom stereocenters. The highest BCUT2D eigenvalue weighted by atomic mass is 16.4. The quantitative estimate of drug-likeness (QED) is 0.317. The highest BCUT2D eigenvalue weighted by molar-refractivity contribution is 5.88. The van der Waals surface area contributed by atoms with Gasteiger partial charge in [-0.1, -0.05) is 0 Å². The molecule has 0 aromatic carbocycles. The fourth-order valence-electron chi connectivity index (χ4n) is 0.883. The van der Waals surface area contributed by atoms with Crippen LogP contribution in [0.1, 0.15) is 6.42 Å². The van der Waals surface area contributed by atoms with Gasteiger partial charge in [0.15, 0.2) is 0 Å². The Hall–Kier alpha value is -1.67. The minimum atomic E-state index is -1.24. The number of nitrogens with two attached hydrogens (primary N) is 1. The van der Waals surface area contributed by atoms with Crippen molar-refractivity contribution in [2.45, 2.75) is 12.5 Å². The zero-order valence-corrected chi connectivity index (χ0v) is 8.60. The summed E-state index contributed by atoms with van der Waals surface area (Å²) >= 11 is 0. The first kappa shape index (κ1) is 14.3. The minimum absolute atomic E-state index is 0.0914. The van der Waals surface area contributed by atoms with Gasteiger partial charge in [-0.25, -0.2) is 4.79 Å². The van der Waals surface area contributed by atoms with E-state index in [0.29, 0.717) is 0 Å². The van der Waals surface area contributed by atoms with Gasteiger partial charge in [-0.3, -0.25) is 9.59 Å². The molecule has 0 rings (SSSR count). The summed E-state index contributed by atoms with van der Waals surface area (Å²) in [6.07, 6.45) is -0.0914. The van der Waals surface area contributed by atoms with Crippen molar-refractivity contribution < 1.29 is 24.6 Å². The van der Waals surface area contributed by atoms with Crippen molar-refractivity contribution in [3.8, 4) is 0 Å². The Morgan fingerprint density at radius 3 is 2.31 bits per heavy atom. The summed E-state index contributed by atoms with van der Waals surface area (Å²) in [5, 5.41) is 21.5. The number of hydrogen-bond donors (Lipinski definition) is 5. The number of nitrogens with one attached hydrogen (secondary N) is 2. The molecule has 0 fully saturated rings. The lowest BCUT2D eigenvalue weighted by atomic mass is 10.2. The van der Waals surface area contributed by atoms with E-state index in [1.54, 1.807) is 0 Å². The SMILES string of the molecule is NCC(=O)NCC(=O)NC(CCO)C(=O)O. The van der Waals surface area contributed by atoms with Gasteiger partial charge in [-0.15, -0.1) is 0 Å². The first-order valence-corrected chi connectivity index (χ1v) is 4.61. The zero-order chi connectivity index (χ0) is 12.6. The van der Waals surface area contributed by atoms with Crippen LogP contribution in [0.2, 0.25) is 0 Å². The average Bonchev–Trinajstić information content (AvgIpc) is 2.25. The van der Waals surface area contributed by atoms with Gasteiger partial charge >= 0.3 is 5.97 Å². The maximum atomic E-state index is 11.1. The number of carbonyl (C=O) groups excluding carboxylic acids is 2. The Morgan fingerprint density at radius 2 is 1.88 bits per heavy atom. The van der Waals surface area contributed by atoms with Crippen molar-refractivity contribution >= 4 is 17.8 Å². The Kier molecular flexibility index (Phi) is 6.81. The molecule has 0 bridgehead atoms. The van der Waals surface area contributed by atoms with Crippen LogP contribution in [0.15, 0.2) is 0 Å². The normalized spacial score (nSPS) is 11.6. The molecule has 0 heterocycles. The second kappa shape index (κ2) is 7.60. The molecule has 0 saturated heterocycles. The third kappa shape index (κ3) is 5.94. The summed E-state index contributed by atoms with van der Waals surface area (Å²) in [6.45, 7) is -0.941. The molecule has 0 saturated carbocycles. The Bertz CT molecular complexity index is 268. The molecular weight excluding hydrogens is 218 g/mol. The molecular formula is C8H15N3O5. The van der Waals surface area contributed by atoms with Gasteiger partial charge in [0, 0.05) is 13.0 Å². The van der Waals surface area contributed by atoms with Crippen LogP contribution in [-0.4, -0.2) is 53.7 Å². The number of carbonyl (C=O) groups is 3. The second-order valence-corrected chi connectivity index (χ2v) is 2.95. The van der Waals surface area contributed by atoms with Gasteiger partial charge in [0.1, 0.15) is 6.04 Å². The van der Waals surface area contributed by atoms with Crippen molar-refractivity contribution in [2.24, 2.45) is 5.73 Å². The molecule has 0 aromatic heterocycles. The minimum Gasteiger partial charge on any atom is -0.480 e. The van der Waals surface area contributed by atoms with Crippen LogP contribution in [0, 0.1) is 0 Å². The molecule has 0 aromatic rings. The molecule has 0 spiro atoms. The van der Waals surface area contributed by atoms with E-state index in [4.69, 9.17) is 15.9 Å². The van der Waals surface area contributed by atoms with E-state index in [0.717, 1.165) is 0 Å². The van der Waals surface area contributed by atoms with Gasteiger partial charge in [0.25, 0.3) is 0 Å². The fraction of sp³-hybridized carbons (Fsp3) is 0.625. The highest BCUT2D eigenvalue weighted by Crippen LogP contribution is 1.90. The number of hydrogen-bond acceptors (Lipinski definition) is 5. The number of amides is 2. The van der Waals surface area contributed by atoms with Crippen LogP contribution in [0.4, 0.5) is 0 Å². The van der Waals surface area contributed by atoms with E-state index in [1.807, 2.05) is 0 Å². The van der Waals surface area contributed by atoms with E-state index in [1.165, 1.54) is 0 Å². The monoisotopic (exact) mass is 233 g/mol. The molecule has 8 nitrogen and oxygen atoms in total. The van der Waals surface area contributed by atoms with Gasteiger partial charge in [0.05, 0.1) is 13.1 Å². The lowest BCUT2D eigenvalue weighted by Crippen LogP contribution is -2.46. The van der Waals surface area contributed by atoms with E-state index >= 15 is 0 Å². The summed E-state index contributed by atoms with van der Waals surface area (Å²) in [7, 11) is 0. The third-order valence-electron chi connectivity index (χ3n) is 1.68. The lowest BCUT2D eigenvalue weighted by molar-refractivity contribution is -0.142. The van der Waals surface area contributed by atoms with E-state index < -0.39 is 23.8 Å². The van der Waals surface area contributed by atoms with Crippen LogP contribution in [0.3, 0.4) is 0 Å². The van der Waals surface area contributed by atoms with Gasteiger partial charge < -0.3 is 26.6 Å². The summed E-state index contributed by atoms with van der Waals surface area (Å²) in [5.41, 5.74) is 4.98. The largest absolute Gasteiger partial charge is 0.480 e. The fourth-order valence-corrected chi connectivity index (χ4v) is 0.883. The lowest BCUT2D eigenvalue weighted by Gasteiger charge is -2.13. The molecule has 2 amide bonds. The molecule has 0 radical (unpaired) electrons. The number of rotatable bonds is 7. The second-order valence-electron chi connectivity index (χ2n) is 2.95. The van der Waals surface area contributed by atoms with Gasteiger partial charge in [-0.2, -0.15) is 0 Å². The Morgan fingerprint density at radius 1 is 1.25 bits per heavy atom. The van der Waals surface area contributed by atoms with E-state index in [2.05, 4.69) is 10.6 Å². The average molecular weight is 233 g/mol. The molecule has 0 aliphatic heterocycles. The zero-order valence-electron chi connectivity index (χ0n) is 8.60. The van der Waals surface area contributed by atoms with Crippen molar-refractivity contribution in [3.63, 3.8) is 0 Å². The number of carboxylic acid groups (broad SMARTS) is 1. The van der Waals surface area contributed by atoms with Crippen LogP contribution >= 0.6 is 0 Å². The number of carboxylic acids is 1. The molecule has 1 unspecified atom stereocenters. The molecule has 16 heavy (non-hydrogen) atoms. The first-order valence-electron chi connectivity index (χ1n) is 4.61. The molecule has 8 heteroatoms. The molecule has 0 aliphatic rings. The predicted molar refractivity (Wildman–Crippen MR) is 53.3 cm³/mol. The van der Waals surface area contributed by atoms with Crippen LogP contribution in [-0.2, 0) is 14.4 Å². The summed E-state index contributed by atoms with van der Waals surface area (Å²) in [5.74, 6) is -2.40. The van der Waals surface area contributed by atoms with Crippen molar-refractivity contribution in [1.82, 2.24) is 10.6 Å². The number of aliphatic hydroxyl groups is 1. The van der Waals surface area contributed by atoms with Crippen molar-refractivity contribution in [2.75, 3.05) is 19.7 Å². The first-order chi connectivity index (χ1) is 7.51. The molecule has 0 aliphatic carbocycles. The highest BCUT2D eigenvalue weighted by Gasteiger charge is 2.18. The van der Waals surface area contributed by atoms with Crippen LogP contribution in [0.25, 0.3) is 0 Å². The topological polar surface area (TPSA) is 142 Å². The van der Waals surface area contributed by atoms with Gasteiger partial charge in [0.2, 0.25) is 11.8 Å². The van der Waals surface area contributed by atoms with Crippen LogP contribution in [0.5, 0.6) is 0 Å². The molecule has 6 N–H and O–H groups in total. The molecule has 92 valence electrons. The van der Waals surface area contributed by atoms with Crippen molar-refractivity contribution in [3.05, 3.63) is 0 Å². The predicted octanol–water partition coefficient (Wildman–Crippen LogP) is -2.99. The maximum Gasteiger partial charge on any atom is 0.326 e. The Labute approximate surface area is 91.8 Å². The standard InChI is InChI=1S/C8H15N3O5/c9-3-6(13)10-4-7(14)11-5(1-2-12)8(15)16/h5,12H,1-4,9H2,(H,10,13)(H,11,14)(H,15,16). The van der Waals surface area contributed by atoms with E-state index in [9.17, 15) is 14.4 Å². The summed E-state index contributed by atoms with van der Waals surface area (Å²) < 4.78 is 0. The summed E-state index contributed by atoms with van der Waals surface area (Å²) in [4.78, 5) is 32.4. The third-order valence-corrected chi connectivity index (χ3v) is 1.68. The smallest absolute Gasteiger partial charge is 0.326 e. The van der Waals surface area contributed by atoms with Crippen molar-refractivity contribution in [1.29, 1.82) is 0 Å². The number of aliphatic hydroxyl groups excluding tert-OH is 1. The summed E-state index contributed by atoms with van der Waals surface area (Å²) in [6, 6.07) is -1.16. The maximum absolute atomic E-state index is 11.1. The number of aliphatic carboxylic acids is 1. The van der Waals surface area contributed by atoms with Crippen LogP contribution < -0.4 is 16.4 Å². The van der Waals surface area contributed by atoms with E-state index in [-0.39, 0.29) is 26.1 Å². The van der Waals surface area contributed by atoms with Gasteiger partial charge in [-0.05, 0) is 0 Å². The Balaban J connectivity index is 4.00.